The highest BCUT2D eigenvalue weighted by atomic mass is 16.3. The molecule has 14 heavy (non-hydrogen) atoms. The van der Waals surface area contributed by atoms with Gasteiger partial charge in [0.1, 0.15) is 0 Å². The predicted octanol–water partition coefficient (Wildman–Crippen LogP) is -0.519. The summed E-state index contributed by atoms with van der Waals surface area (Å²) in [5, 5.41) is 15.2. The van der Waals surface area contributed by atoms with E-state index in [1.807, 2.05) is 13.8 Å². The Morgan fingerprint density at radius 1 is 1.64 bits per heavy atom. The minimum Gasteiger partial charge on any atom is -0.394 e. The van der Waals surface area contributed by atoms with Crippen molar-refractivity contribution >= 4 is 5.91 Å². The van der Waals surface area contributed by atoms with Gasteiger partial charge in [0.25, 0.3) is 0 Å². The Labute approximate surface area is 84.1 Å². The van der Waals surface area contributed by atoms with Crippen LogP contribution in [0, 0.1) is 11.8 Å². The summed E-state index contributed by atoms with van der Waals surface area (Å²) in [5.41, 5.74) is -0.494. The maximum atomic E-state index is 11.8. The molecule has 2 aliphatic heterocycles. The lowest BCUT2D eigenvalue weighted by Gasteiger charge is -2.36. The molecule has 4 nitrogen and oxygen atoms in total. The lowest BCUT2D eigenvalue weighted by molar-refractivity contribution is -0.131. The number of aliphatic hydroxyl groups excluding tert-OH is 1. The Hall–Kier alpha value is -0.610. The molecule has 1 amide bonds. The Morgan fingerprint density at radius 3 is 2.79 bits per heavy atom. The average molecular weight is 198 g/mol. The summed E-state index contributed by atoms with van der Waals surface area (Å²) in [6.07, 6.45) is 1.14. The van der Waals surface area contributed by atoms with Crippen molar-refractivity contribution in [1.29, 1.82) is 0 Å². The lowest BCUT2D eigenvalue weighted by atomic mass is 9.73. The van der Waals surface area contributed by atoms with Gasteiger partial charge in [0.2, 0.25) is 5.91 Å². The maximum absolute atomic E-state index is 11.8. The first kappa shape index (κ1) is 9.93. The monoisotopic (exact) mass is 198 g/mol. The Kier molecular flexibility index (Phi) is 2.27. The third-order valence-corrected chi connectivity index (χ3v) is 3.30. The fourth-order valence-electron chi connectivity index (χ4n) is 2.33. The third-order valence-electron chi connectivity index (χ3n) is 3.30. The quantitative estimate of drug-likeness (QED) is 0.572. The highest BCUT2D eigenvalue weighted by molar-refractivity contribution is 5.82. The number of hydrogen-bond donors (Lipinski definition) is 3. The maximum Gasteiger partial charge on any atom is 0.225 e. The van der Waals surface area contributed by atoms with Gasteiger partial charge in [-0.1, -0.05) is 0 Å². The van der Waals surface area contributed by atoms with Crippen LogP contribution in [0.3, 0.4) is 0 Å². The SMILES string of the molecule is CC(C)(CO)NC(=O)C1C2CNC1C2. The van der Waals surface area contributed by atoms with Crippen molar-refractivity contribution in [2.75, 3.05) is 13.2 Å². The predicted molar refractivity (Wildman–Crippen MR) is 52.7 cm³/mol. The van der Waals surface area contributed by atoms with Gasteiger partial charge in [-0.2, -0.15) is 0 Å². The van der Waals surface area contributed by atoms with E-state index in [9.17, 15) is 4.79 Å². The standard InChI is InChI=1S/C10H18N2O2/c1-10(2,5-13)12-9(14)8-6-3-7(8)11-4-6/h6-8,11,13H,3-5H2,1-2H3,(H,12,14). The van der Waals surface area contributed by atoms with E-state index in [4.69, 9.17) is 5.11 Å². The zero-order valence-corrected chi connectivity index (χ0v) is 8.71. The minimum atomic E-state index is -0.494. The molecule has 3 N–H and O–H groups in total. The Bertz CT molecular complexity index is 239. The molecule has 0 aromatic rings. The number of rotatable bonds is 3. The summed E-state index contributed by atoms with van der Waals surface area (Å²) in [5.74, 6) is 0.755. The molecule has 3 aliphatic rings. The summed E-state index contributed by atoms with van der Waals surface area (Å²) in [6.45, 7) is 4.62. The molecule has 2 saturated heterocycles. The normalized spacial score (nSPS) is 35.2. The molecule has 3 atom stereocenters. The van der Waals surface area contributed by atoms with Crippen molar-refractivity contribution in [3.05, 3.63) is 0 Å². The Balaban J connectivity index is 1.91. The molecule has 3 rings (SSSR count). The average Bonchev–Trinajstić information content (AvgIpc) is 2.62. The molecule has 0 radical (unpaired) electrons. The van der Waals surface area contributed by atoms with Gasteiger partial charge >= 0.3 is 0 Å². The number of carbonyl (C=O) groups is 1. The second kappa shape index (κ2) is 3.21. The zero-order valence-electron chi connectivity index (χ0n) is 8.71. The van der Waals surface area contributed by atoms with Crippen LogP contribution in [0.1, 0.15) is 20.3 Å². The molecule has 3 unspecified atom stereocenters. The molecule has 4 heteroatoms. The summed E-state index contributed by atoms with van der Waals surface area (Å²) in [4.78, 5) is 11.8. The molecular formula is C10H18N2O2. The van der Waals surface area contributed by atoms with Gasteiger partial charge in [-0.25, -0.2) is 0 Å². The van der Waals surface area contributed by atoms with Crippen LogP contribution >= 0.6 is 0 Å². The van der Waals surface area contributed by atoms with Crippen LogP contribution in [-0.4, -0.2) is 35.7 Å². The van der Waals surface area contributed by atoms with Gasteiger partial charge in [-0.15, -0.1) is 0 Å². The van der Waals surface area contributed by atoms with E-state index in [0.29, 0.717) is 12.0 Å². The van der Waals surface area contributed by atoms with Crippen LogP contribution in [0.2, 0.25) is 0 Å². The van der Waals surface area contributed by atoms with Gasteiger partial charge in [0.15, 0.2) is 0 Å². The first-order valence-corrected chi connectivity index (χ1v) is 5.20. The van der Waals surface area contributed by atoms with E-state index >= 15 is 0 Å². The fraction of sp³-hybridized carbons (Fsp3) is 0.900. The largest absolute Gasteiger partial charge is 0.394 e. The van der Waals surface area contributed by atoms with E-state index in [1.54, 1.807) is 0 Å². The van der Waals surface area contributed by atoms with Gasteiger partial charge < -0.3 is 15.7 Å². The van der Waals surface area contributed by atoms with Crippen LogP contribution < -0.4 is 10.6 Å². The molecule has 2 bridgehead atoms. The summed E-state index contributed by atoms with van der Waals surface area (Å²) < 4.78 is 0. The van der Waals surface area contributed by atoms with E-state index < -0.39 is 5.54 Å². The third kappa shape index (κ3) is 1.53. The fourth-order valence-corrected chi connectivity index (χ4v) is 2.33. The van der Waals surface area contributed by atoms with Gasteiger partial charge in [0, 0.05) is 6.04 Å². The van der Waals surface area contributed by atoms with E-state index in [2.05, 4.69) is 10.6 Å². The molecule has 80 valence electrons. The summed E-state index contributed by atoms with van der Waals surface area (Å²) >= 11 is 0. The summed E-state index contributed by atoms with van der Waals surface area (Å²) in [7, 11) is 0. The highest BCUT2D eigenvalue weighted by Gasteiger charge is 2.51. The zero-order chi connectivity index (χ0) is 10.3. The summed E-state index contributed by atoms with van der Waals surface area (Å²) in [6, 6.07) is 0.384. The molecule has 2 heterocycles. The van der Waals surface area contributed by atoms with Crippen molar-refractivity contribution in [2.24, 2.45) is 11.8 Å². The van der Waals surface area contributed by atoms with Crippen molar-refractivity contribution in [2.45, 2.75) is 31.8 Å². The topological polar surface area (TPSA) is 61.4 Å². The van der Waals surface area contributed by atoms with Gasteiger partial charge in [0.05, 0.1) is 18.1 Å². The number of fused-ring (bicyclic) bond motifs is 1. The first-order chi connectivity index (χ1) is 6.53. The van der Waals surface area contributed by atoms with Crippen molar-refractivity contribution < 1.29 is 9.90 Å². The lowest BCUT2D eigenvalue weighted by Crippen LogP contribution is -2.54. The van der Waals surface area contributed by atoms with Crippen LogP contribution in [0.5, 0.6) is 0 Å². The first-order valence-electron chi connectivity index (χ1n) is 5.20. The number of carbonyl (C=O) groups excluding carboxylic acids is 1. The molecular weight excluding hydrogens is 180 g/mol. The van der Waals surface area contributed by atoms with Crippen LogP contribution in [-0.2, 0) is 4.79 Å². The van der Waals surface area contributed by atoms with Crippen LogP contribution in [0.4, 0.5) is 0 Å². The molecule has 0 aromatic heterocycles. The molecule has 3 fully saturated rings. The van der Waals surface area contributed by atoms with E-state index in [0.717, 1.165) is 13.0 Å². The molecule has 1 aliphatic carbocycles. The van der Waals surface area contributed by atoms with Crippen molar-refractivity contribution in [1.82, 2.24) is 10.6 Å². The number of amides is 1. The smallest absolute Gasteiger partial charge is 0.225 e. The molecule has 0 aromatic carbocycles. The number of hydrogen-bond acceptors (Lipinski definition) is 3. The second-order valence-electron chi connectivity index (χ2n) is 5.07. The van der Waals surface area contributed by atoms with Crippen LogP contribution in [0.15, 0.2) is 0 Å². The highest BCUT2D eigenvalue weighted by Crippen LogP contribution is 2.40. The number of nitrogens with one attached hydrogen (secondary N) is 2. The number of aliphatic hydroxyl groups is 1. The Morgan fingerprint density at radius 2 is 2.36 bits per heavy atom. The minimum absolute atomic E-state index is 0.0196. The van der Waals surface area contributed by atoms with Gasteiger partial charge in [-0.3, -0.25) is 4.79 Å². The van der Waals surface area contributed by atoms with Gasteiger partial charge in [-0.05, 0) is 32.7 Å². The van der Waals surface area contributed by atoms with Crippen molar-refractivity contribution in [3.8, 4) is 0 Å². The molecule has 0 spiro atoms. The van der Waals surface area contributed by atoms with E-state index in [-0.39, 0.29) is 18.4 Å². The van der Waals surface area contributed by atoms with E-state index in [1.165, 1.54) is 0 Å². The van der Waals surface area contributed by atoms with Crippen molar-refractivity contribution in [3.63, 3.8) is 0 Å². The molecule has 1 saturated carbocycles. The van der Waals surface area contributed by atoms with Crippen LogP contribution in [0.25, 0.3) is 0 Å². The second-order valence-corrected chi connectivity index (χ2v) is 5.07.